The summed E-state index contributed by atoms with van der Waals surface area (Å²) in [5, 5.41) is 7.41. The molecule has 1 aliphatic rings. The number of fused-ring (bicyclic) bond motifs is 1. The molecule has 1 saturated heterocycles. The Kier molecular flexibility index (Phi) is 3.98. The first kappa shape index (κ1) is 13.5. The summed E-state index contributed by atoms with van der Waals surface area (Å²) in [4.78, 5) is 16.7. The van der Waals surface area contributed by atoms with Gasteiger partial charge in [-0.1, -0.05) is 12.1 Å². The highest BCUT2D eigenvalue weighted by atomic mass is 32.1. The summed E-state index contributed by atoms with van der Waals surface area (Å²) in [6.45, 7) is 3.80. The van der Waals surface area contributed by atoms with Gasteiger partial charge >= 0.3 is 0 Å². The van der Waals surface area contributed by atoms with Crippen LogP contribution < -0.4 is 10.6 Å². The molecule has 1 aromatic heterocycles. The van der Waals surface area contributed by atoms with Crippen LogP contribution in [0.2, 0.25) is 0 Å². The third kappa shape index (κ3) is 2.99. The van der Waals surface area contributed by atoms with E-state index in [-0.39, 0.29) is 17.9 Å². The molecule has 0 spiro atoms. The van der Waals surface area contributed by atoms with E-state index in [0.29, 0.717) is 0 Å². The Balaban J connectivity index is 1.60. The Bertz CT molecular complexity index is 571. The van der Waals surface area contributed by atoms with E-state index in [9.17, 15) is 4.79 Å². The Morgan fingerprint density at radius 1 is 1.55 bits per heavy atom. The van der Waals surface area contributed by atoms with E-state index in [1.807, 2.05) is 25.1 Å². The molecule has 2 N–H and O–H groups in total. The molecule has 0 bridgehead atoms. The molecule has 2 atom stereocenters. The highest BCUT2D eigenvalue weighted by molar-refractivity contribution is 7.18. The van der Waals surface area contributed by atoms with Gasteiger partial charge in [0.1, 0.15) is 0 Å². The number of hydrogen-bond donors (Lipinski definition) is 2. The van der Waals surface area contributed by atoms with Crippen LogP contribution in [0.5, 0.6) is 0 Å². The maximum absolute atomic E-state index is 12.0. The topological polar surface area (TPSA) is 54.0 Å². The van der Waals surface area contributed by atoms with E-state index in [4.69, 9.17) is 0 Å². The molecule has 0 radical (unpaired) electrons. The van der Waals surface area contributed by atoms with Gasteiger partial charge in [-0.15, -0.1) is 11.3 Å². The number of nitrogens with one attached hydrogen (secondary N) is 2. The largest absolute Gasteiger partial charge is 0.353 e. The lowest BCUT2D eigenvalue weighted by Crippen LogP contribution is -2.39. The van der Waals surface area contributed by atoms with Crippen LogP contribution in [0, 0.1) is 5.92 Å². The van der Waals surface area contributed by atoms with Gasteiger partial charge in [0.05, 0.1) is 21.1 Å². The van der Waals surface area contributed by atoms with E-state index in [1.54, 1.807) is 11.3 Å². The van der Waals surface area contributed by atoms with Crippen molar-refractivity contribution in [2.75, 3.05) is 13.1 Å². The van der Waals surface area contributed by atoms with Crippen molar-refractivity contribution >= 4 is 27.5 Å². The van der Waals surface area contributed by atoms with E-state index in [0.717, 1.165) is 36.5 Å². The second kappa shape index (κ2) is 5.89. The molecular weight excluding hydrogens is 270 g/mol. The summed E-state index contributed by atoms with van der Waals surface area (Å²) < 4.78 is 1.21. The lowest BCUT2D eigenvalue weighted by atomic mass is 10.1. The molecule has 1 amide bonds. The Hall–Kier alpha value is -1.46. The van der Waals surface area contributed by atoms with Gasteiger partial charge in [0, 0.05) is 19.0 Å². The smallest absolute Gasteiger partial charge is 0.224 e. The minimum absolute atomic E-state index is 0.128. The highest BCUT2D eigenvalue weighted by Gasteiger charge is 2.23. The summed E-state index contributed by atoms with van der Waals surface area (Å²) in [6.07, 6.45) is 1.74. The van der Waals surface area contributed by atoms with E-state index in [1.165, 1.54) is 4.70 Å². The van der Waals surface area contributed by atoms with Gasteiger partial charge in [-0.25, -0.2) is 4.98 Å². The van der Waals surface area contributed by atoms with Crippen molar-refractivity contribution in [1.29, 1.82) is 0 Å². The molecule has 3 rings (SSSR count). The number of hydrogen-bond acceptors (Lipinski definition) is 4. The zero-order valence-electron chi connectivity index (χ0n) is 11.6. The van der Waals surface area contributed by atoms with Gasteiger partial charge in [-0.05, 0) is 32.0 Å². The van der Waals surface area contributed by atoms with Gasteiger partial charge in [0.25, 0.3) is 0 Å². The minimum Gasteiger partial charge on any atom is -0.353 e. The number of carbonyl (C=O) groups is 1. The molecule has 1 aliphatic heterocycles. The van der Waals surface area contributed by atoms with Gasteiger partial charge in [-0.2, -0.15) is 0 Å². The third-order valence-corrected chi connectivity index (χ3v) is 4.70. The number of benzene rings is 1. The third-order valence-electron chi connectivity index (χ3n) is 3.64. The van der Waals surface area contributed by atoms with Crippen molar-refractivity contribution in [1.82, 2.24) is 15.6 Å². The molecule has 20 heavy (non-hydrogen) atoms. The predicted octanol–water partition coefficient (Wildman–Crippen LogP) is 1.95. The second-order valence-corrected chi connectivity index (χ2v) is 6.49. The fourth-order valence-electron chi connectivity index (χ4n) is 2.56. The van der Waals surface area contributed by atoms with Crippen LogP contribution in [0.3, 0.4) is 0 Å². The van der Waals surface area contributed by atoms with Crippen molar-refractivity contribution in [3.63, 3.8) is 0 Å². The van der Waals surface area contributed by atoms with Crippen LogP contribution in [0.15, 0.2) is 24.3 Å². The maximum atomic E-state index is 12.0. The molecule has 0 saturated carbocycles. The van der Waals surface area contributed by atoms with Gasteiger partial charge < -0.3 is 10.6 Å². The molecule has 2 unspecified atom stereocenters. The van der Waals surface area contributed by atoms with Crippen LogP contribution in [0.1, 0.15) is 18.4 Å². The minimum atomic E-state index is 0.128. The fraction of sp³-hybridized carbons (Fsp3) is 0.467. The number of carbonyl (C=O) groups excluding carboxylic acids is 1. The number of amides is 1. The fourth-order valence-corrected chi connectivity index (χ4v) is 3.66. The van der Waals surface area contributed by atoms with E-state index < -0.39 is 0 Å². The number of para-hydroxylation sites is 1. The first-order valence-electron chi connectivity index (χ1n) is 7.08. The van der Waals surface area contributed by atoms with Crippen LogP contribution in [-0.4, -0.2) is 30.0 Å². The summed E-state index contributed by atoms with van der Waals surface area (Å²) in [5.41, 5.74) is 1.05. The van der Waals surface area contributed by atoms with Gasteiger partial charge in [0.15, 0.2) is 0 Å². The predicted molar refractivity (Wildman–Crippen MR) is 81.9 cm³/mol. The van der Waals surface area contributed by atoms with E-state index >= 15 is 0 Å². The SMILES string of the molecule is CC(Cc1nc2ccccc2s1)NC(=O)C1CCNC1. The monoisotopic (exact) mass is 289 g/mol. The normalized spacial score (nSPS) is 20.1. The number of nitrogens with zero attached hydrogens (tertiary/aromatic N) is 1. The molecule has 1 aromatic carbocycles. The molecule has 5 heteroatoms. The summed E-state index contributed by atoms with van der Waals surface area (Å²) >= 11 is 1.71. The summed E-state index contributed by atoms with van der Waals surface area (Å²) in [5.74, 6) is 0.302. The maximum Gasteiger partial charge on any atom is 0.224 e. The van der Waals surface area contributed by atoms with Crippen molar-refractivity contribution in [3.8, 4) is 0 Å². The number of rotatable bonds is 4. The van der Waals surface area contributed by atoms with Gasteiger partial charge in [0.2, 0.25) is 5.91 Å². The van der Waals surface area contributed by atoms with E-state index in [2.05, 4.69) is 21.7 Å². The van der Waals surface area contributed by atoms with Crippen LogP contribution >= 0.6 is 11.3 Å². The van der Waals surface area contributed by atoms with Gasteiger partial charge in [-0.3, -0.25) is 4.79 Å². The molecule has 106 valence electrons. The molecule has 2 aromatic rings. The molecule has 0 aliphatic carbocycles. The zero-order chi connectivity index (χ0) is 13.9. The Labute approximate surface area is 122 Å². The Morgan fingerprint density at radius 2 is 2.40 bits per heavy atom. The van der Waals surface area contributed by atoms with Crippen molar-refractivity contribution in [3.05, 3.63) is 29.3 Å². The average molecular weight is 289 g/mol. The quantitative estimate of drug-likeness (QED) is 0.904. The lowest BCUT2D eigenvalue weighted by molar-refractivity contribution is -0.125. The summed E-state index contributed by atoms with van der Waals surface area (Å²) in [6, 6.07) is 8.28. The second-order valence-electron chi connectivity index (χ2n) is 5.38. The van der Waals surface area contributed by atoms with Crippen LogP contribution in [0.25, 0.3) is 10.2 Å². The molecule has 1 fully saturated rings. The number of aromatic nitrogens is 1. The Morgan fingerprint density at radius 3 is 3.15 bits per heavy atom. The van der Waals surface area contributed by atoms with Crippen molar-refractivity contribution < 1.29 is 4.79 Å². The lowest BCUT2D eigenvalue weighted by Gasteiger charge is -2.15. The zero-order valence-corrected chi connectivity index (χ0v) is 12.4. The molecular formula is C15H19N3OS. The average Bonchev–Trinajstić information content (AvgIpc) is 3.07. The highest BCUT2D eigenvalue weighted by Crippen LogP contribution is 2.22. The number of thiazole rings is 1. The van der Waals surface area contributed by atoms with Crippen LogP contribution in [0.4, 0.5) is 0 Å². The molecule has 4 nitrogen and oxygen atoms in total. The standard InChI is InChI=1S/C15H19N3OS/c1-10(17-15(19)11-6-7-16-9-11)8-14-18-12-4-2-3-5-13(12)20-14/h2-5,10-11,16H,6-9H2,1H3,(H,17,19). The van der Waals surface area contributed by atoms with Crippen molar-refractivity contribution in [2.45, 2.75) is 25.8 Å². The first-order valence-corrected chi connectivity index (χ1v) is 7.89. The molecule has 2 heterocycles. The van der Waals surface area contributed by atoms with Crippen molar-refractivity contribution in [2.24, 2.45) is 5.92 Å². The van der Waals surface area contributed by atoms with Crippen LogP contribution in [-0.2, 0) is 11.2 Å². The summed E-state index contributed by atoms with van der Waals surface area (Å²) in [7, 11) is 0. The first-order chi connectivity index (χ1) is 9.72.